The molecule has 1 aliphatic heterocycles. The first-order valence-electron chi connectivity index (χ1n) is 7.99. The van der Waals surface area contributed by atoms with Gasteiger partial charge in [-0.2, -0.15) is 0 Å². The number of carbonyl (C=O) groups is 1. The minimum absolute atomic E-state index is 0.0632. The van der Waals surface area contributed by atoms with Crippen LogP contribution in [0.2, 0.25) is 10.0 Å². The maximum Gasteiger partial charge on any atom is 0.274 e. The number of hydrogen-bond donors (Lipinski definition) is 1. The van der Waals surface area contributed by atoms with Crippen LogP contribution >= 0.6 is 23.2 Å². The fraction of sp³-hybridized carbons (Fsp3) is 0.353. The molecule has 0 bridgehead atoms. The van der Waals surface area contributed by atoms with Crippen LogP contribution in [0.15, 0.2) is 30.3 Å². The second kappa shape index (κ2) is 7.81. The summed E-state index contributed by atoms with van der Waals surface area (Å²) >= 11 is 12.2. The van der Waals surface area contributed by atoms with Crippen molar-refractivity contribution in [2.24, 2.45) is 0 Å². The first kappa shape index (κ1) is 17.0. The van der Waals surface area contributed by atoms with E-state index in [4.69, 9.17) is 23.2 Å². The molecule has 0 unspecified atom stereocenters. The van der Waals surface area contributed by atoms with E-state index in [-0.39, 0.29) is 5.91 Å². The van der Waals surface area contributed by atoms with E-state index in [0.717, 1.165) is 25.9 Å². The molecule has 0 atom stereocenters. The quantitative estimate of drug-likeness (QED) is 0.867. The Labute approximate surface area is 151 Å². The number of aromatic nitrogens is 2. The number of hydrogen-bond acceptors (Lipinski definition) is 4. The Morgan fingerprint density at radius 1 is 0.958 bits per heavy atom. The van der Waals surface area contributed by atoms with E-state index in [2.05, 4.69) is 15.5 Å². The lowest BCUT2D eigenvalue weighted by molar-refractivity contribution is 0.0754. The molecule has 2 heterocycles. The van der Waals surface area contributed by atoms with Crippen molar-refractivity contribution in [3.63, 3.8) is 0 Å². The second-order valence-corrected chi connectivity index (χ2v) is 6.55. The highest BCUT2D eigenvalue weighted by Crippen LogP contribution is 2.31. The third kappa shape index (κ3) is 3.97. The molecule has 3 rings (SSSR count). The number of nitrogens with zero attached hydrogens (tertiary/aromatic N) is 3. The van der Waals surface area contributed by atoms with E-state index in [0.29, 0.717) is 27.2 Å². The number of benzene rings is 1. The highest BCUT2D eigenvalue weighted by molar-refractivity contribution is 6.39. The van der Waals surface area contributed by atoms with Crippen LogP contribution < -0.4 is 5.32 Å². The van der Waals surface area contributed by atoms with Crippen molar-refractivity contribution >= 4 is 40.6 Å². The van der Waals surface area contributed by atoms with Gasteiger partial charge >= 0.3 is 0 Å². The van der Waals surface area contributed by atoms with E-state index in [1.165, 1.54) is 12.8 Å². The van der Waals surface area contributed by atoms with Crippen molar-refractivity contribution in [1.29, 1.82) is 0 Å². The smallest absolute Gasteiger partial charge is 0.274 e. The van der Waals surface area contributed by atoms with Gasteiger partial charge in [-0.05, 0) is 37.1 Å². The number of carbonyl (C=O) groups excluding carboxylic acids is 1. The molecule has 0 radical (unpaired) electrons. The van der Waals surface area contributed by atoms with Gasteiger partial charge in [0.05, 0.1) is 15.7 Å². The minimum atomic E-state index is -0.0632. The number of anilines is 2. The third-order valence-corrected chi connectivity index (χ3v) is 4.62. The van der Waals surface area contributed by atoms with Crippen molar-refractivity contribution in [1.82, 2.24) is 15.1 Å². The minimum Gasteiger partial charge on any atom is -0.337 e. The van der Waals surface area contributed by atoms with Gasteiger partial charge in [-0.1, -0.05) is 42.1 Å². The highest BCUT2D eigenvalue weighted by atomic mass is 35.5. The molecule has 2 aromatic rings. The summed E-state index contributed by atoms with van der Waals surface area (Å²) < 4.78 is 0. The van der Waals surface area contributed by atoms with Gasteiger partial charge in [0.25, 0.3) is 5.91 Å². The van der Waals surface area contributed by atoms with Crippen LogP contribution in [-0.2, 0) is 0 Å². The van der Waals surface area contributed by atoms with Crippen LogP contribution in [0.4, 0.5) is 11.5 Å². The zero-order valence-electron chi connectivity index (χ0n) is 13.1. The van der Waals surface area contributed by atoms with E-state index < -0.39 is 0 Å². The first-order chi connectivity index (χ1) is 11.6. The summed E-state index contributed by atoms with van der Waals surface area (Å²) in [7, 11) is 0. The maximum atomic E-state index is 12.5. The summed E-state index contributed by atoms with van der Waals surface area (Å²) in [5.41, 5.74) is 0.925. The average molecular weight is 365 g/mol. The first-order valence-corrected chi connectivity index (χ1v) is 8.75. The van der Waals surface area contributed by atoms with E-state index in [1.54, 1.807) is 30.3 Å². The molecule has 7 heteroatoms. The highest BCUT2D eigenvalue weighted by Gasteiger charge is 2.19. The van der Waals surface area contributed by atoms with E-state index in [9.17, 15) is 4.79 Å². The normalized spacial score (nSPS) is 15.0. The molecular weight excluding hydrogens is 347 g/mol. The van der Waals surface area contributed by atoms with Crippen LogP contribution in [0, 0.1) is 0 Å². The predicted octanol–water partition coefficient (Wildman–Crippen LogP) is 4.54. The number of likely N-dealkylation sites (tertiary alicyclic amines) is 1. The lowest BCUT2D eigenvalue weighted by atomic mass is 10.2. The van der Waals surface area contributed by atoms with Gasteiger partial charge in [0, 0.05) is 13.1 Å². The SMILES string of the molecule is O=C(c1ccc(Nc2c(Cl)cccc2Cl)nn1)N1CCCCCC1. The van der Waals surface area contributed by atoms with Gasteiger partial charge < -0.3 is 10.2 Å². The van der Waals surface area contributed by atoms with Gasteiger partial charge in [-0.25, -0.2) is 0 Å². The van der Waals surface area contributed by atoms with Crippen molar-refractivity contribution < 1.29 is 4.79 Å². The molecule has 1 fully saturated rings. The Kier molecular flexibility index (Phi) is 5.53. The monoisotopic (exact) mass is 364 g/mol. The summed E-state index contributed by atoms with van der Waals surface area (Å²) in [5.74, 6) is 0.421. The maximum absolute atomic E-state index is 12.5. The second-order valence-electron chi connectivity index (χ2n) is 5.73. The van der Waals surface area contributed by atoms with Gasteiger partial charge in [-0.3, -0.25) is 4.79 Å². The molecule has 1 N–H and O–H groups in total. The van der Waals surface area contributed by atoms with Crippen LogP contribution in [-0.4, -0.2) is 34.1 Å². The summed E-state index contributed by atoms with van der Waals surface area (Å²) in [4.78, 5) is 14.3. The molecule has 5 nitrogen and oxygen atoms in total. The molecule has 1 aromatic carbocycles. The summed E-state index contributed by atoms with van der Waals surface area (Å²) in [6, 6.07) is 8.62. The molecule has 1 saturated heterocycles. The number of para-hydroxylation sites is 1. The van der Waals surface area contributed by atoms with Crippen LogP contribution in [0.5, 0.6) is 0 Å². The third-order valence-electron chi connectivity index (χ3n) is 3.99. The molecule has 0 saturated carbocycles. The zero-order valence-corrected chi connectivity index (χ0v) is 14.6. The number of rotatable bonds is 3. The fourth-order valence-electron chi connectivity index (χ4n) is 2.69. The van der Waals surface area contributed by atoms with Gasteiger partial charge in [0.2, 0.25) is 0 Å². The van der Waals surface area contributed by atoms with Gasteiger partial charge in [-0.15, -0.1) is 10.2 Å². The molecule has 1 amide bonds. The summed E-state index contributed by atoms with van der Waals surface area (Å²) in [5, 5.41) is 12.1. The molecule has 1 aromatic heterocycles. The number of nitrogens with one attached hydrogen (secondary N) is 1. The molecule has 0 aliphatic carbocycles. The Hall–Kier alpha value is -1.85. The zero-order chi connectivity index (χ0) is 16.9. The van der Waals surface area contributed by atoms with Gasteiger partial charge in [0.1, 0.15) is 0 Å². The lowest BCUT2D eigenvalue weighted by Crippen LogP contribution is -2.32. The Morgan fingerprint density at radius 3 is 2.21 bits per heavy atom. The van der Waals surface area contributed by atoms with Crippen LogP contribution in [0.3, 0.4) is 0 Å². The van der Waals surface area contributed by atoms with E-state index >= 15 is 0 Å². The Bertz CT molecular complexity index is 693. The fourth-order valence-corrected chi connectivity index (χ4v) is 3.19. The molecule has 1 aliphatic rings. The topological polar surface area (TPSA) is 58.1 Å². The summed E-state index contributed by atoms with van der Waals surface area (Å²) in [6.07, 6.45) is 4.45. The Morgan fingerprint density at radius 2 is 1.62 bits per heavy atom. The standard InChI is InChI=1S/C17H18Cl2N4O/c18-12-6-5-7-13(19)16(12)20-15-9-8-14(21-22-15)17(24)23-10-3-1-2-4-11-23/h5-9H,1-4,10-11H2,(H,20,22). The number of halogens is 2. The molecule has 0 spiro atoms. The van der Waals surface area contributed by atoms with Crippen molar-refractivity contribution in [2.75, 3.05) is 18.4 Å². The average Bonchev–Trinajstić information content (AvgIpc) is 2.88. The van der Waals surface area contributed by atoms with Crippen molar-refractivity contribution in [3.8, 4) is 0 Å². The molecule has 24 heavy (non-hydrogen) atoms. The van der Waals surface area contributed by atoms with Crippen LogP contribution in [0.1, 0.15) is 36.2 Å². The van der Waals surface area contributed by atoms with Crippen LogP contribution in [0.25, 0.3) is 0 Å². The van der Waals surface area contributed by atoms with Crippen molar-refractivity contribution in [3.05, 3.63) is 46.1 Å². The summed E-state index contributed by atoms with van der Waals surface area (Å²) in [6.45, 7) is 1.57. The lowest BCUT2D eigenvalue weighted by Gasteiger charge is -2.19. The van der Waals surface area contributed by atoms with E-state index in [1.807, 2.05) is 4.90 Å². The molecule has 126 valence electrons. The molecular formula is C17H18Cl2N4O. The number of amides is 1. The van der Waals surface area contributed by atoms with Gasteiger partial charge in [0.15, 0.2) is 11.5 Å². The predicted molar refractivity (Wildman–Crippen MR) is 96.1 cm³/mol. The Balaban J connectivity index is 1.72. The van der Waals surface area contributed by atoms with Crippen molar-refractivity contribution in [2.45, 2.75) is 25.7 Å². The largest absolute Gasteiger partial charge is 0.337 e.